The maximum Gasteiger partial charge on any atom is 0.253 e. The van der Waals surface area contributed by atoms with Crippen molar-refractivity contribution in [2.45, 2.75) is 26.7 Å². The van der Waals surface area contributed by atoms with Gasteiger partial charge in [0.05, 0.1) is 17.0 Å². The van der Waals surface area contributed by atoms with Crippen molar-refractivity contribution < 1.29 is 4.79 Å². The molecule has 5 nitrogen and oxygen atoms in total. The van der Waals surface area contributed by atoms with Crippen molar-refractivity contribution >= 4 is 11.6 Å². The Labute approximate surface area is 124 Å². The van der Waals surface area contributed by atoms with Gasteiger partial charge in [-0.1, -0.05) is 19.1 Å². The molecule has 0 aliphatic carbocycles. The summed E-state index contributed by atoms with van der Waals surface area (Å²) in [7, 11) is 0. The molecule has 0 aliphatic rings. The van der Waals surface area contributed by atoms with Gasteiger partial charge < -0.3 is 11.1 Å². The molecule has 0 spiro atoms. The number of anilines is 1. The highest BCUT2D eigenvalue weighted by Gasteiger charge is 2.12. The SMILES string of the molecule is CCc1nnc(C)cc1C(=O)NCCc1ccc(N)cc1. The van der Waals surface area contributed by atoms with Crippen LogP contribution in [0.4, 0.5) is 5.69 Å². The van der Waals surface area contributed by atoms with E-state index in [4.69, 9.17) is 5.73 Å². The fraction of sp³-hybridized carbons (Fsp3) is 0.312. The minimum atomic E-state index is -0.0969. The van der Waals surface area contributed by atoms with Crippen LogP contribution in [-0.4, -0.2) is 22.6 Å². The van der Waals surface area contributed by atoms with Crippen LogP contribution in [0.1, 0.15) is 34.2 Å². The number of nitrogens with zero attached hydrogens (tertiary/aromatic N) is 2. The number of nitrogen functional groups attached to an aromatic ring is 1. The number of nitrogens with two attached hydrogens (primary N) is 1. The van der Waals surface area contributed by atoms with Crippen molar-refractivity contribution in [3.63, 3.8) is 0 Å². The van der Waals surface area contributed by atoms with Crippen LogP contribution in [0.2, 0.25) is 0 Å². The lowest BCUT2D eigenvalue weighted by Gasteiger charge is -2.08. The molecule has 0 aliphatic heterocycles. The van der Waals surface area contributed by atoms with Crippen molar-refractivity contribution in [1.82, 2.24) is 15.5 Å². The van der Waals surface area contributed by atoms with Crippen molar-refractivity contribution in [2.75, 3.05) is 12.3 Å². The summed E-state index contributed by atoms with van der Waals surface area (Å²) in [5.74, 6) is -0.0969. The molecule has 0 saturated carbocycles. The van der Waals surface area contributed by atoms with Gasteiger partial charge in [0, 0.05) is 12.2 Å². The molecule has 1 aromatic heterocycles. The maximum atomic E-state index is 12.2. The van der Waals surface area contributed by atoms with Crippen LogP contribution >= 0.6 is 0 Å². The van der Waals surface area contributed by atoms with E-state index >= 15 is 0 Å². The largest absolute Gasteiger partial charge is 0.399 e. The predicted molar refractivity (Wildman–Crippen MR) is 83.0 cm³/mol. The highest BCUT2D eigenvalue weighted by molar-refractivity contribution is 5.95. The van der Waals surface area contributed by atoms with Gasteiger partial charge in [-0.25, -0.2) is 0 Å². The number of aromatic nitrogens is 2. The molecule has 3 N–H and O–H groups in total. The molecule has 2 rings (SSSR count). The van der Waals surface area contributed by atoms with Crippen LogP contribution in [0, 0.1) is 6.92 Å². The molecule has 0 bridgehead atoms. The number of benzene rings is 1. The van der Waals surface area contributed by atoms with Crippen molar-refractivity contribution in [3.8, 4) is 0 Å². The van der Waals surface area contributed by atoms with E-state index in [1.54, 1.807) is 6.07 Å². The molecule has 1 amide bonds. The van der Waals surface area contributed by atoms with Gasteiger partial charge in [0.2, 0.25) is 0 Å². The Kier molecular flexibility index (Phi) is 4.87. The molecule has 5 heteroatoms. The summed E-state index contributed by atoms with van der Waals surface area (Å²) < 4.78 is 0. The molecule has 1 heterocycles. The number of rotatable bonds is 5. The topological polar surface area (TPSA) is 80.9 Å². The Morgan fingerprint density at radius 1 is 1.24 bits per heavy atom. The van der Waals surface area contributed by atoms with E-state index in [9.17, 15) is 4.79 Å². The first-order chi connectivity index (χ1) is 10.1. The van der Waals surface area contributed by atoms with Gasteiger partial charge in [-0.3, -0.25) is 4.79 Å². The predicted octanol–water partition coefficient (Wildman–Crippen LogP) is 1.90. The fourth-order valence-corrected chi connectivity index (χ4v) is 2.07. The van der Waals surface area contributed by atoms with Crippen LogP contribution in [0.3, 0.4) is 0 Å². The Hall–Kier alpha value is -2.43. The number of nitrogens with one attached hydrogen (secondary N) is 1. The molecule has 2 aromatic rings. The molecule has 0 saturated heterocycles. The lowest BCUT2D eigenvalue weighted by Crippen LogP contribution is -2.27. The summed E-state index contributed by atoms with van der Waals surface area (Å²) in [6.45, 7) is 4.37. The van der Waals surface area contributed by atoms with E-state index in [2.05, 4.69) is 15.5 Å². The first kappa shape index (κ1) is 15.0. The summed E-state index contributed by atoms with van der Waals surface area (Å²) in [4.78, 5) is 12.2. The zero-order valence-corrected chi connectivity index (χ0v) is 12.4. The first-order valence-electron chi connectivity index (χ1n) is 7.06. The number of aryl methyl sites for hydroxylation is 2. The lowest BCUT2D eigenvalue weighted by molar-refractivity contribution is 0.0952. The van der Waals surface area contributed by atoms with Crippen molar-refractivity contribution in [1.29, 1.82) is 0 Å². The third kappa shape index (κ3) is 4.02. The summed E-state index contributed by atoms with van der Waals surface area (Å²) in [6.07, 6.45) is 1.46. The minimum Gasteiger partial charge on any atom is -0.399 e. The second kappa shape index (κ2) is 6.83. The van der Waals surface area contributed by atoms with E-state index in [1.807, 2.05) is 38.1 Å². The highest BCUT2D eigenvalue weighted by Crippen LogP contribution is 2.08. The van der Waals surface area contributed by atoms with Crippen LogP contribution in [0.5, 0.6) is 0 Å². The zero-order valence-electron chi connectivity index (χ0n) is 12.4. The summed E-state index contributed by atoms with van der Waals surface area (Å²) in [5, 5.41) is 11.0. The number of amides is 1. The van der Waals surface area contributed by atoms with Crippen LogP contribution in [0.25, 0.3) is 0 Å². The number of carbonyl (C=O) groups excluding carboxylic acids is 1. The van der Waals surface area contributed by atoms with E-state index in [1.165, 1.54) is 0 Å². The maximum absolute atomic E-state index is 12.2. The van der Waals surface area contributed by atoms with Gasteiger partial charge in [0.25, 0.3) is 5.91 Å². The fourth-order valence-electron chi connectivity index (χ4n) is 2.07. The molecule has 21 heavy (non-hydrogen) atoms. The van der Waals surface area contributed by atoms with Gasteiger partial charge in [-0.2, -0.15) is 10.2 Å². The third-order valence-corrected chi connectivity index (χ3v) is 3.25. The van der Waals surface area contributed by atoms with E-state index < -0.39 is 0 Å². The molecule has 0 atom stereocenters. The van der Waals surface area contributed by atoms with Gasteiger partial charge in [0.15, 0.2) is 0 Å². The first-order valence-corrected chi connectivity index (χ1v) is 7.06. The molecule has 110 valence electrons. The molecule has 0 fully saturated rings. The summed E-state index contributed by atoms with van der Waals surface area (Å²) >= 11 is 0. The average Bonchev–Trinajstić information content (AvgIpc) is 2.49. The number of hydrogen-bond acceptors (Lipinski definition) is 4. The molecular formula is C16H20N4O. The Balaban J connectivity index is 1.95. The quantitative estimate of drug-likeness (QED) is 0.822. The van der Waals surface area contributed by atoms with E-state index in [0.29, 0.717) is 18.5 Å². The van der Waals surface area contributed by atoms with Gasteiger partial charge in [-0.05, 0) is 43.5 Å². The van der Waals surface area contributed by atoms with Crippen LogP contribution < -0.4 is 11.1 Å². The standard InChI is InChI=1S/C16H20N4O/c1-3-15-14(10-11(2)19-20-15)16(21)18-9-8-12-4-6-13(17)7-5-12/h4-7,10H,3,8-9,17H2,1-2H3,(H,18,21). The van der Waals surface area contributed by atoms with Gasteiger partial charge >= 0.3 is 0 Å². The van der Waals surface area contributed by atoms with Crippen LogP contribution in [-0.2, 0) is 12.8 Å². The second-order valence-corrected chi connectivity index (χ2v) is 4.95. The molecule has 0 radical (unpaired) electrons. The lowest BCUT2D eigenvalue weighted by atomic mass is 10.1. The summed E-state index contributed by atoms with van der Waals surface area (Å²) in [5.41, 5.74) is 9.62. The molecule has 0 unspecified atom stereocenters. The molecular weight excluding hydrogens is 264 g/mol. The third-order valence-electron chi connectivity index (χ3n) is 3.25. The Morgan fingerprint density at radius 2 is 1.95 bits per heavy atom. The van der Waals surface area contributed by atoms with Crippen LogP contribution in [0.15, 0.2) is 30.3 Å². The van der Waals surface area contributed by atoms with Crippen molar-refractivity contribution in [2.24, 2.45) is 0 Å². The van der Waals surface area contributed by atoms with Gasteiger partial charge in [0.1, 0.15) is 0 Å². The van der Waals surface area contributed by atoms with Gasteiger partial charge in [-0.15, -0.1) is 0 Å². The highest BCUT2D eigenvalue weighted by atomic mass is 16.1. The molecule has 1 aromatic carbocycles. The Morgan fingerprint density at radius 3 is 2.62 bits per heavy atom. The normalized spacial score (nSPS) is 10.4. The summed E-state index contributed by atoms with van der Waals surface area (Å²) in [6, 6.07) is 9.45. The number of hydrogen-bond donors (Lipinski definition) is 2. The van der Waals surface area contributed by atoms with Crippen molar-refractivity contribution in [3.05, 3.63) is 52.8 Å². The minimum absolute atomic E-state index is 0.0969. The second-order valence-electron chi connectivity index (χ2n) is 4.95. The Bertz CT molecular complexity index is 623. The monoisotopic (exact) mass is 284 g/mol. The average molecular weight is 284 g/mol. The zero-order chi connectivity index (χ0) is 15.2. The smallest absolute Gasteiger partial charge is 0.253 e. The number of carbonyl (C=O) groups is 1. The van der Waals surface area contributed by atoms with E-state index in [-0.39, 0.29) is 5.91 Å². The van der Waals surface area contributed by atoms with E-state index in [0.717, 1.165) is 29.1 Å².